The van der Waals surface area contributed by atoms with E-state index in [0.29, 0.717) is 17.4 Å². The molecule has 0 radical (unpaired) electrons. The molecule has 0 N–H and O–H groups in total. The second kappa shape index (κ2) is 48.7. The summed E-state index contributed by atoms with van der Waals surface area (Å²) < 4.78 is 34.1. The summed E-state index contributed by atoms with van der Waals surface area (Å²) in [4.78, 5) is 37.8. The van der Waals surface area contributed by atoms with E-state index in [-0.39, 0.29) is 32.0 Å². The first kappa shape index (κ1) is 64.7. The third kappa shape index (κ3) is 52.9. The van der Waals surface area contributed by atoms with E-state index < -0.39 is 26.5 Å². The molecule has 0 aliphatic rings. The predicted octanol–water partition coefficient (Wildman–Crippen LogP) is 16.1. The maximum Gasteiger partial charge on any atom is 0.306 e. The van der Waals surface area contributed by atoms with Crippen molar-refractivity contribution in [3.8, 4) is 0 Å². The van der Waals surface area contributed by atoms with Crippen LogP contribution in [0.4, 0.5) is 0 Å². The van der Waals surface area contributed by atoms with Crippen LogP contribution in [0.2, 0.25) is 0 Å². The fourth-order valence-corrected chi connectivity index (χ4v) is 8.29. The number of phosphoric ester groups is 1. The second-order valence-electron chi connectivity index (χ2n) is 19.6. The number of phosphoric acid groups is 1. The smallest absolute Gasteiger partial charge is 0.306 e. The highest BCUT2D eigenvalue weighted by Gasteiger charge is 2.21. The molecule has 0 fully saturated rings. The summed E-state index contributed by atoms with van der Waals surface area (Å²) in [5.74, 6) is -0.840. The van der Waals surface area contributed by atoms with Crippen molar-refractivity contribution >= 4 is 19.8 Å². The number of nitrogens with zero attached hydrogens (tertiary/aromatic N) is 1. The van der Waals surface area contributed by atoms with Crippen molar-refractivity contribution in [3.05, 3.63) is 60.8 Å². The number of esters is 2. The van der Waals surface area contributed by atoms with Crippen LogP contribution >= 0.6 is 7.82 Å². The average Bonchev–Trinajstić information content (AvgIpc) is 3.29. The molecular formula is C57H104NO8P. The van der Waals surface area contributed by atoms with Crippen molar-refractivity contribution in [2.45, 2.75) is 245 Å². The number of quaternary nitrogens is 1. The molecule has 0 heterocycles. The van der Waals surface area contributed by atoms with Crippen LogP contribution < -0.4 is 4.89 Å². The molecule has 0 amide bonds. The average molecular weight is 962 g/mol. The van der Waals surface area contributed by atoms with Crippen molar-refractivity contribution in [1.82, 2.24) is 0 Å². The van der Waals surface area contributed by atoms with Crippen LogP contribution in [0.15, 0.2) is 60.8 Å². The number of carbonyl (C=O) groups is 2. The lowest BCUT2D eigenvalue weighted by molar-refractivity contribution is -0.870. The highest BCUT2D eigenvalue weighted by Crippen LogP contribution is 2.38. The molecule has 2 unspecified atom stereocenters. The third-order valence-electron chi connectivity index (χ3n) is 11.8. The summed E-state index contributed by atoms with van der Waals surface area (Å²) in [5, 5.41) is 0. The molecule has 0 aromatic carbocycles. The van der Waals surface area contributed by atoms with Crippen molar-refractivity contribution < 1.29 is 42.1 Å². The molecule has 0 aromatic rings. The van der Waals surface area contributed by atoms with Gasteiger partial charge in [-0.15, -0.1) is 0 Å². The zero-order valence-corrected chi connectivity index (χ0v) is 45.0. The lowest BCUT2D eigenvalue weighted by atomic mass is 10.0. The largest absolute Gasteiger partial charge is 0.756 e. The number of hydrogen-bond donors (Lipinski definition) is 0. The Hall–Kier alpha value is -2.29. The van der Waals surface area contributed by atoms with E-state index in [1.807, 2.05) is 21.1 Å². The van der Waals surface area contributed by atoms with Crippen LogP contribution in [0.3, 0.4) is 0 Å². The first-order chi connectivity index (χ1) is 32.5. The first-order valence-corrected chi connectivity index (χ1v) is 29.0. The fourth-order valence-electron chi connectivity index (χ4n) is 7.57. The van der Waals surface area contributed by atoms with Gasteiger partial charge in [-0.1, -0.05) is 229 Å². The Morgan fingerprint density at radius 2 is 0.851 bits per heavy atom. The van der Waals surface area contributed by atoms with Gasteiger partial charge < -0.3 is 27.9 Å². The molecule has 0 saturated heterocycles. The lowest BCUT2D eigenvalue weighted by Crippen LogP contribution is -2.37. The molecule has 0 bridgehead atoms. The quantitative estimate of drug-likeness (QED) is 0.0195. The fraction of sp³-hybridized carbons (Fsp3) is 0.789. The Bertz CT molecular complexity index is 1320. The molecule has 2 atom stereocenters. The van der Waals surface area contributed by atoms with Crippen molar-refractivity contribution in [2.24, 2.45) is 0 Å². The van der Waals surface area contributed by atoms with Crippen molar-refractivity contribution in [3.63, 3.8) is 0 Å². The molecule has 0 rings (SSSR count). The predicted molar refractivity (Wildman–Crippen MR) is 282 cm³/mol. The van der Waals surface area contributed by atoms with E-state index in [4.69, 9.17) is 18.5 Å². The number of ether oxygens (including phenoxy) is 2. The number of rotatable bonds is 50. The molecule has 67 heavy (non-hydrogen) atoms. The zero-order valence-electron chi connectivity index (χ0n) is 44.1. The van der Waals surface area contributed by atoms with Gasteiger partial charge >= 0.3 is 11.9 Å². The van der Waals surface area contributed by atoms with Gasteiger partial charge in [0.1, 0.15) is 19.8 Å². The lowest BCUT2D eigenvalue weighted by Gasteiger charge is -2.28. The van der Waals surface area contributed by atoms with Gasteiger partial charge in [-0.3, -0.25) is 14.2 Å². The van der Waals surface area contributed by atoms with Gasteiger partial charge in [-0.05, 0) is 57.8 Å². The van der Waals surface area contributed by atoms with Gasteiger partial charge in [0.05, 0.1) is 27.7 Å². The maximum absolute atomic E-state index is 12.8. The van der Waals surface area contributed by atoms with Crippen LogP contribution in [0.1, 0.15) is 239 Å². The number of hydrogen-bond acceptors (Lipinski definition) is 8. The van der Waals surface area contributed by atoms with Gasteiger partial charge in [0, 0.05) is 12.8 Å². The normalized spacial score (nSPS) is 13.8. The summed E-state index contributed by atoms with van der Waals surface area (Å²) in [6.07, 6.45) is 61.1. The Kier molecular flexibility index (Phi) is 47.1. The standard InChI is InChI=1S/C57H104NO8P/c1-6-8-10-12-14-16-18-20-22-24-26-28-29-30-32-34-36-38-40-42-44-46-48-50-57(60)66-55(54-65-67(61,62)64-52-51-58(3,4)5)53-63-56(59)49-47-45-43-41-39-37-35-33-31-27-25-23-21-19-17-15-13-11-9-7-2/h8,10,14,16,20,22,26,28,30,32,55H,6-7,9,11-13,15,17-19,21,23-25,27,29,31,33-54H2,1-5H3/b10-8-,16-14-,22-20-,28-26-,32-30-. The molecule has 10 heteroatoms. The summed E-state index contributed by atoms with van der Waals surface area (Å²) in [7, 11) is 1.16. The topological polar surface area (TPSA) is 111 Å². The number of carbonyl (C=O) groups excluding carboxylic acids is 2. The van der Waals surface area contributed by atoms with Crippen LogP contribution in [0.25, 0.3) is 0 Å². The maximum atomic E-state index is 12.8. The minimum atomic E-state index is -4.64. The van der Waals surface area contributed by atoms with Gasteiger partial charge in [-0.2, -0.15) is 0 Å². The molecular weight excluding hydrogens is 858 g/mol. The Morgan fingerprint density at radius 1 is 0.478 bits per heavy atom. The molecule has 0 spiro atoms. The van der Waals surface area contributed by atoms with Gasteiger partial charge in [0.25, 0.3) is 7.82 Å². The van der Waals surface area contributed by atoms with Crippen LogP contribution in [0, 0.1) is 0 Å². The number of allylic oxidation sites excluding steroid dienone is 10. The molecule has 0 aromatic heterocycles. The summed E-state index contributed by atoms with van der Waals surface area (Å²) in [6.45, 7) is 4.14. The van der Waals surface area contributed by atoms with E-state index in [9.17, 15) is 19.0 Å². The summed E-state index contributed by atoms with van der Waals surface area (Å²) in [5.41, 5.74) is 0. The Labute approximate surface area is 413 Å². The Morgan fingerprint density at radius 3 is 1.27 bits per heavy atom. The van der Waals surface area contributed by atoms with E-state index in [0.717, 1.165) is 77.0 Å². The minimum absolute atomic E-state index is 0.0342. The highest BCUT2D eigenvalue weighted by molar-refractivity contribution is 7.45. The van der Waals surface area contributed by atoms with Gasteiger partial charge in [0.15, 0.2) is 6.10 Å². The summed E-state index contributed by atoms with van der Waals surface area (Å²) in [6, 6.07) is 0. The molecule has 0 saturated carbocycles. The molecule has 9 nitrogen and oxygen atoms in total. The van der Waals surface area contributed by atoms with Crippen molar-refractivity contribution in [2.75, 3.05) is 47.5 Å². The highest BCUT2D eigenvalue weighted by atomic mass is 31.2. The first-order valence-electron chi connectivity index (χ1n) is 27.5. The van der Waals surface area contributed by atoms with Crippen LogP contribution in [-0.4, -0.2) is 70.0 Å². The number of likely N-dealkylation sites (N-methyl/N-ethyl adjacent to an activating group) is 1. The zero-order chi connectivity index (χ0) is 49.2. The van der Waals surface area contributed by atoms with Crippen LogP contribution in [0.5, 0.6) is 0 Å². The van der Waals surface area contributed by atoms with E-state index in [1.165, 1.54) is 128 Å². The Balaban J connectivity index is 4.23. The van der Waals surface area contributed by atoms with Gasteiger partial charge in [0.2, 0.25) is 0 Å². The number of unbranched alkanes of at least 4 members (excludes halogenated alkanes) is 26. The molecule has 390 valence electrons. The third-order valence-corrected chi connectivity index (χ3v) is 12.8. The van der Waals surface area contributed by atoms with E-state index >= 15 is 0 Å². The molecule has 0 aliphatic carbocycles. The van der Waals surface area contributed by atoms with Crippen molar-refractivity contribution in [1.29, 1.82) is 0 Å². The van der Waals surface area contributed by atoms with Crippen LogP contribution in [-0.2, 0) is 32.7 Å². The van der Waals surface area contributed by atoms with E-state index in [1.54, 1.807) is 0 Å². The minimum Gasteiger partial charge on any atom is -0.756 e. The molecule has 0 aliphatic heterocycles. The SMILES string of the molecule is CC/C=C\C/C=C\C/C=C\C/C=C\C/C=C\CCCCCCCCCC(=O)OC(COC(=O)CCCCCCCCCCCCCCCCCCCCCC)COP(=O)([O-])OCC[N+](C)(C)C. The second-order valence-corrected chi connectivity index (χ2v) is 21.0. The summed E-state index contributed by atoms with van der Waals surface area (Å²) >= 11 is 0. The monoisotopic (exact) mass is 962 g/mol. The van der Waals surface area contributed by atoms with E-state index in [2.05, 4.69) is 74.6 Å². The van der Waals surface area contributed by atoms with Gasteiger partial charge in [-0.25, -0.2) is 0 Å².